The third kappa shape index (κ3) is 5.28. The molecule has 0 radical (unpaired) electrons. The van der Waals surface area contributed by atoms with Crippen LogP contribution in [0.1, 0.15) is 44.7 Å². The Labute approximate surface area is 161 Å². The van der Waals surface area contributed by atoms with Crippen molar-refractivity contribution >= 4 is 11.8 Å². The highest BCUT2D eigenvalue weighted by atomic mass is 16.5. The Morgan fingerprint density at radius 2 is 2.19 bits per heavy atom. The fourth-order valence-electron chi connectivity index (χ4n) is 4.25. The number of hydrogen-bond donors (Lipinski definition) is 0. The molecule has 6 nitrogen and oxygen atoms in total. The van der Waals surface area contributed by atoms with Crippen molar-refractivity contribution in [3.63, 3.8) is 0 Å². The van der Waals surface area contributed by atoms with Crippen LogP contribution in [0.4, 0.5) is 0 Å². The highest BCUT2D eigenvalue weighted by Gasteiger charge is 2.42. The SMILES string of the molecule is CCCOCC(=O)N1CCC[C@]2(CCC(=O)N(CCc3ccccn3)C2)C1. The molecular formula is C21H31N3O3. The summed E-state index contributed by atoms with van der Waals surface area (Å²) in [5, 5.41) is 0. The molecule has 0 unspecified atom stereocenters. The number of hydrogen-bond acceptors (Lipinski definition) is 4. The van der Waals surface area contributed by atoms with Crippen molar-refractivity contribution < 1.29 is 14.3 Å². The van der Waals surface area contributed by atoms with E-state index in [2.05, 4.69) is 4.98 Å². The van der Waals surface area contributed by atoms with Crippen LogP contribution in [-0.2, 0) is 20.7 Å². The molecule has 2 aliphatic heterocycles. The summed E-state index contributed by atoms with van der Waals surface area (Å²) >= 11 is 0. The molecule has 1 spiro atoms. The first kappa shape index (κ1) is 19.8. The third-order valence-corrected chi connectivity index (χ3v) is 5.70. The second kappa shape index (κ2) is 9.31. The molecule has 2 aliphatic rings. The van der Waals surface area contributed by atoms with Crippen LogP contribution in [-0.4, -0.2) is 66.0 Å². The molecule has 6 heteroatoms. The lowest BCUT2D eigenvalue weighted by Gasteiger charge is -2.48. The lowest BCUT2D eigenvalue weighted by Crippen LogP contribution is -2.55. The van der Waals surface area contributed by atoms with E-state index in [4.69, 9.17) is 4.74 Å². The number of likely N-dealkylation sites (tertiary alicyclic amines) is 2. The van der Waals surface area contributed by atoms with Gasteiger partial charge in [0.25, 0.3) is 0 Å². The predicted octanol–water partition coefficient (Wildman–Crippen LogP) is 2.28. The molecule has 0 bridgehead atoms. The number of piperidine rings is 2. The van der Waals surface area contributed by atoms with Gasteiger partial charge in [0.15, 0.2) is 0 Å². The van der Waals surface area contributed by atoms with Crippen LogP contribution in [0.3, 0.4) is 0 Å². The maximum atomic E-state index is 12.5. The quantitative estimate of drug-likeness (QED) is 0.688. The van der Waals surface area contributed by atoms with E-state index in [0.717, 1.165) is 57.4 Å². The van der Waals surface area contributed by atoms with Gasteiger partial charge in [-0.2, -0.15) is 0 Å². The summed E-state index contributed by atoms with van der Waals surface area (Å²) in [6.45, 7) is 5.84. The molecule has 27 heavy (non-hydrogen) atoms. The van der Waals surface area contributed by atoms with Crippen molar-refractivity contribution in [2.75, 3.05) is 39.4 Å². The van der Waals surface area contributed by atoms with Gasteiger partial charge < -0.3 is 14.5 Å². The second-order valence-electron chi connectivity index (χ2n) is 7.86. The van der Waals surface area contributed by atoms with Crippen LogP contribution < -0.4 is 0 Å². The summed E-state index contributed by atoms with van der Waals surface area (Å²) < 4.78 is 5.44. The lowest BCUT2D eigenvalue weighted by atomic mass is 9.73. The molecule has 0 aliphatic carbocycles. The Hall–Kier alpha value is -1.95. The van der Waals surface area contributed by atoms with Gasteiger partial charge in [-0.3, -0.25) is 14.6 Å². The van der Waals surface area contributed by atoms with Crippen molar-refractivity contribution in [3.8, 4) is 0 Å². The Balaban J connectivity index is 1.57. The number of pyridine rings is 1. The van der Waals surface area contributed by atoms with E-state index in [1.807, 2.05) is 34.9 Å². The molecule has 1 atom stereocenters. The summed E-state index contributed by atoms with van der Waals surface area (Å²) in [7, 11) is 0. The average Bonchev–Trinajstić information content (AvgIpc) is 2.70. The molecule has 2 fully saturated rings. The zero-order chi connectivity index (χ0) is 19.1. The van der Waals surface area contributed by atoms with E-state index in [0.29, 0.717) is 19.6 Å². The molecule has 2 saturated heterocycles. The average molecular weight is 373 g/mol. The largest absolute Gasteiger partial charge is 0.372 e. The Kier molecular flexibility index (Phi) is 6.83. The summed E-state index contributed by atoms with van der Waals surface area (Å²) in [4.78, 5) is 33.2. The number of rotatable bonds is 7. The first-order chi connectivity index (χ1) is 13.1. The predicted molar refractivity (Wildman–Crippen MR) is 103 cm³/mol. The zero-order valence-electron chi connectivity index (χ0n) is 16.4. The van der Waals surface area contributed by atoms with Crippen molar-refractivity contribution in [3.05, 3.63) is 30.1 Å². The molecule has 1 aromatic heterocycles. The normalized spacial score (nSPS) is 23.1. The fourth-order valence-corrected chi connectivity index (χ4v) is 4.25. The zero-order valence-corrected chi connectivity index (χ0v) is 16.4. The Bertz CT molecular complexity index is 637. The van der Waals surface area contributed by atoms with Gasteiger partial charge in [-0.1, -0.05) is 13.0 Å². The van der Waals surface area contributed by atoms with Crippen LogP contribution in [0.25, 0.3) is 0 Å². The molecule has 2 amide bonds. The van der Waals surface area contributed by atoms with Gasteiger partial charge in [0.05, 0.1) is 0 Å². The minimum atomic E-state index is 0.0384. The van der Waals surface area contributed by atoms with Crippen molar-refractivity contribution in [2.45, 2.75) is 45.4 Å². The number of carbonyl (C=O) groups excluding carboxylic acids is 2. The summed E-state index contributed by atoms with van der Waals surface area (Å²) in [5.41, 5.74) is 1.05. The summed E-state index contributed by atoms with van der Waals surface area (Å²) in [6.07, 6.45) is 7.03. The van der Waals surface area contributed by atoms with E-state index in [1.54, 1.807) is 6.20 Å². The number of aromatic nitrogens is 1. The molecule has 148 valence electrons. The van der Waals surface area contributed by atoms with Gasteiger partial charge in [0.1, 0.15) is 6.61 Å². The monoisotopic (exact) mass is 373 g/mol. The third-order valence-electron chi connectivity index (χ3n) is 5.70. The highest BCUT2D eigenvalue weighted by Crippen LogP contribution is 2.38. The molecule has 0 N–H and O–H groups in total. The number of amides is 2. The van der Waals surface area contributed by atoms with Crippen LogP contribution in [0.5, 0.6) is 0 Å². The van der Waals surface area contributed by atoms with E-state index < -0.39 is 0 Å². The lowest BCUT2D eigenvalue weighted by molar-refractivity contribution is -0.145. The van der Waals surface area contributed by atoms with Crippen LogP contribution in [0.15, 0.2) is 24.4 Å². The van der Waals surface area contributed by atoms with Crippen molar-refractivity contribution in [1.82, 2.24) is 14.8 Å². The first-order valence-corrected chi connectivity index (χ1v) is 10.2. The van der Waals surface area contributed by atoms with E-state index in [-0.39, 0.29) is 23.8 Å². The maximum absolute atomic E-state index is 12.5. The van der Waals surface area contributed by atoms with Gasteiger partial charge in [-0.05, 0) is 37.8 Å². The number of nitrogens with zero attached hydrogens (tertiary/aromatic N) is 3. The fraction of sp³-hybridized carbons (Fsp3) is 0.667. The van der Waals surface area contributed by atoms with Gasteiger partial charge in [0.2, 0.25) is 11.8 Å². The van der Waals surface area contributed by atoms with Crippen LogP contribution in [0.2, 0.25) is 0 Å². The minimum Gasteiger partial charge on any atom is -0.372 e. The second-order valence-corrected chi connectivity index (χ2v) is 7.86. The topological polar surface area (TPSA) is 62.7 Å². The summed E-state index contributed by atoms with van der Waals surface area (Å²) in [5.74, 6) is 0.311. The van der Waals surface area contributed by atoms with E-state index >= 15 is 0 Å². The molecule has 3 heterocycles. The molecular weight excluding hydrogens is 342 g/mol. The van der Waals surface area contributed by atoms with Gasteiger partial charge in [0, 0.05) is 62.9 Å². The maximum Gasteiger partial charge on any atom is 0.248 e. The van der Waals surface area contributed by atoms with E-state index in [9.17, 15) is 9.59 Å². The molecule has 0 saturated carbocycles. The number of carbonyl (C=O) groups is 2. The summed E-state index contributed by atoms with van der Waals surface area (Å²) in [6, 6.07) is 5.89. The highest BCUT2D eigenvalue weighted by molar-refractivity contribution is 5.78. The molecule has 1 aromatic rings. The Morgan fingerprint density at radius 3 is 2.96 bits per heavy atom. The van der Waals surface area contributed by atoms with Gasteiger partial charge >= 0.3 is 0 Å². The van der Waals surface area contributed by atoms with Crippen LogP contribution in [0, 0.1) is 5.41 Å². The standard InChI is InChI=1S/C21H31N3O3/c1-2-14-27-15-20(26)23-12-5-9-21(16-23)10-7-19(25)24(17-21)13-8-18-6-3-4-11-22-18/h3-4,6,11H,2,5,7-10,12-17H2,1H3/t21-/m0/s1. The van der Waals surface area contributed by atoms with E-state index in [1.165, 1.54) is 0 Å². The first-order valence-electron chi connectivity index (χ1n) is 10.2. The minimum absolute atomic E-state index is 0.0384. The van der Waals surface area contributed by atoms with Crippen molar-refractivity contribution in [1.29, 1.82) is 0 Å². The van der Waals surface area contributed by atoms with Crippen LogP contribution >= 0.6 is 0 Å². The van der Waals surface area contributed by atoms with Gasteiger partial charge in [-0.15, -0.1) is 0 Å². The molecule has 0 aromatic carbocycles. The van der Waals surface area contributed by atoms with Crippen molar-refractivity contribution in [2.24, 2.45) is 5.41 Å². The van der Waals surface area contributed by atoms with Gasteiger partial charge in [-0.25, -0.2) is 0 Å². The smallest absolute Gasteiger partial charge is 0.248 e. The number of ether oxygens (including phenoxy) is 1. The Morgan fingerprint density at radius 1 is 1.30 bits per heavy atom. The molecule has 3 rings (SSSR count).